The molecule has 0 aromatic carbocycles. The van der Waals surface area contributed by atoms with Crippen LogP contribution in [0.4, 0.5) is 5.82 Å². The van der Waals surface area contributed by atoms with Crippen LogP contribution in [0, 0.1) is 19.8 Å². The van der Waals surface area contributed by atoms with E-state index < -0.39 is 0 Å². The summed E-state index contributed by atoms with van der Waals surface area (Å²) in [5, 5.41) is 3.25. The third-order valence-corrected chi connectivity index (χ3v) is 5.20. The standard InChI is InChI=1S/C18H29N5O.2ClH/c1-12-10-17(21-13(2)20-12)23-8-6-16(7-9-23)22-18(24)14-4-3-5-15(19)11-14;;/h10,14-16H,3-9,11,19H2,1-2H3,(H,22,24);2*1H. The van der Waals surface area contributed by atoms with Gasteiger partial charge in [-0.3, -0.25) is 4.79 Å². The predicted octanol–water partition coefficient (Wildman–Crippen LogP) is 2.54. The zero-order chi connectivity index (χ0) is 17.1. The molecule has 2 atom stereocenters. The molecule has 148 valence electrons. The van der Waals surface area contributed by atoms with Crippen LogP contribution in [0.5, 0.6) is 0 Å². The number of nitrogens with zero attached hydrogens (tertiary/aromatic N) is 3. The topological polar surface area (TPSA) is 84.1 Å². The van der Waals surface area contributed by atoms with Crippen LogP contribution in [-0.2, 0) is 4.79 Å². The number of nitrogens with two attached hydrogens (primary N) is 1. The van der Waals surface area contributed by atoms with Crippen molar-refractivity contribution in [1.82, 2.24) is 15.3 Å². The number of anilines is 1. The molecule has 0 bridgehead atoms. The van der Waals surface area contributed by atoms with Gasteiger partial charge in [-0.15, -0.1) is 24.8 Å². The lowest BCUT2D eigenvalue weighted by molar-refractivity contribution is -0.127. The Labute approximate surface area is 168 Å². The lowest BCUT2D eigenvalue weighted by Gasteiger charge is -2.34. The molecular formula is C18H31Cl2N5O. The number of nitrogens with one attached hydrogen (secondary N) is 1. The number of hydrogen-bond acceptors (Lipinski definition) is 5. The molecule has 3 N–H and O–H groups in total. The van der Waals surface area contributed by atoms with E-state index in [1.165, 1.54) is 0 Å². The Hall–Kier alpha value is -1.11. The Morgan fingerprint density at radius 1 is 1.15 bits per heavy atom. The van der Waals surface area contributed by atoms with Gasteiger partial charge in [-0.2, -0.15) is 0 Å². The molecule has 1 amide bonds. The molecule has 1 saturated heterocycles. The van der Waals surface area contributed by atoms with E-state index in [1.807, 2.05) is 19.9 Å². The molecule has 26 heavy (non-hydrogen) atoms. The van der Waals surface area contributed by atoms with E-state index >= 15 is 0 Å². The monoisotopic (exact) mass is 403 g/mol. The SMILES string of the molecule is Cc1cc(N2CCC(NC(=O)C3CCCC(N)C3)CC2)nc(C)n1.Cl.Cl. The zero-order valence-electron chi connectivity index (χ0n) is 15.6. The quantitative estimate of drug-likeness (QED) is 0.809. The molecular weight excluding hydrogens is 373 g/mol. The highest BCUT2D eigenvalue weighted by atomic mass is 35.5. The normalized spacial score (nSPS) is 23.6. The number of amides is 1. The number of carbonyl (C=O) groups excluding carboxylic acids is 1. The average molecular weight is 404 g/mol. The van der Waals surface area contributed by atoms with Crippen LogP contribution < -0.4 is 16.0 Å². The number of halogens is 2. The van der Waals surface area contributed by atoms with Crippen molar-refractivity contribution >= 4 is 36.5 Å². The Balaban J connectivity index is 0.00000169. The highest BCUT2D eigenvalue weighted by Crippen LogP contribution is 2.24. The molecule has 1 aliphatic carbocycles. The number of carbonyl (C=O) groups is 1. The van der Waals surface area contributed by atoms with Gasteiger partial charge < -0.3 is 16.0 Å². The molecule has 2 heterocycles. The van der Waals surface area contributed by atoms with Gasteiger partial charge in [0.05, 0.1) is 0 Å². The molecule has 1 aromatic heterocycles. The lowest BCUT2D eigenvalue weighted by Crippen LogP contribution is -2.47. The second kappa shape index (κ2) is 10.3. The van der Waals surface area contributed by atoms with Crippen molar-refractivity contribution in [2.75, 3.05) is 18.0 Å². The fourth-order valence-corrected chi connectivity index (χ4v) is 3.90. The van der Waals surface area contributed by atoms with Crippen molar-refractivity contribution in [3.63, 3.8) is 0 Å². The molecule has 1 aromatic rings. The van der Waals surface area contributed by atoms with E-state index in [1.54, 1.807) is 0 Å². The number of rotatable bonds is 3. The summed E-state index contributed by atoms with van der Waals surface area (Å²) in [6.07, 6.45) is 5.88. The van der Waals surface area contributed by atoms with Crippen molar-refractivity contribution in [3.05, 3.63) is 17.6 Å². The van der Waals surface area contributed by atoms with E-state index in [9.17, 15) is 4.79 Å². The molecule has 1 saturated carbocycles. The minimum atomic E-state index is 0. The van der Waals surface area contributed by atoms with Gasteiger partial charge in [0.15, 0.2) is 0 Å². The highest BCUT2D eigenvalue weighted by molar-refractivity contribution is 5.85. The molecule has 3 rings (SSSR count). The third kappa shape index (κ3) is 5.96. The smallest absolute Gasteiger partial charge is 0.223 e. The van der Waals surface area contributed by atoms with Crippen LogP contribution in [0.25, 0.3) is 0 Å². The van der Waals surface area contributed by atoms with Crippen molar-refractivity contribution in [2.45, 2.75) is 64.5 Å². The molecule has 8 heteroatoms. The Kier molecular flexibility index (Phi) is 9.07. The summed E-state index contributed by atoms with van der Waals surface area (Å²) in [7, 11) is 0. The first-order valence-electron chi connectivity index (χ1n) is 9.14. The number of aromatic nitrogens is 2. The zero-order valence-corrected chi connectivity index (χ0v) is 17.2. The minimum Gasteiger partial charge on any atom is -0.356 e. The summed E-state index contributed by atoms with van der Waals surface area (Å²) < 4.78 is 0. The maximum absolute atomic E-state index is 12.5. The largest absolute Gasteiger partial charge is 0.356 e. The van der Waals surface area contributed by atoms with Crippen molar-refractivity contribution < 1.29 is 4.79 Å². The van der Waals surface area contributed by atoms with E-state index in [2.05, 4.69) is 20.2 Å². The van der Waals surface area contributed by atoms with Crippen LogP contribution in [0.15, 0.2) is 6.07 Å². The summed E-state index contributed by atoms with van der Waals surface area (Å²) in [5.41, 5.74) is 7.01. The number of piperidine rings is 1. The third-order valence-electron chi connectivity index (χ3n) is 5.20. The van der Waals surface area contributed by atoms with Gasteiger partial charge in [-0.1, -0.05) is 6.42 Å². The predicted molar refractivity (Wildman–Crippen MR) is 109 cm³/mol. The minimum absolute atomic E-state index is 0. The molecule has 2 aliphatic rings. The summed E-state index contributed by atoms with van der Waals surface area (Å²) in [5.74, 6) is 2.13. The first-order valence-corrected chi connectivity index (χ1v) is 9.14. The molecule has 6 nitrogen and oxygen atoms in total. The van der Waals surface area contributed by atoms with Gasteiger partial charge >= 0.3 is 0 Å². The fourth-order valence-electron chi connectivity index (χ4n) is 3.90. The van der Waals surface area contributed by atoms with Gasteiger partial charge in [0, 0.05) is 42.9 Å². The van der Waals surface area contributed by atoms with E-state index in [0.717, 1.165) is 69.0 Å². The van der Waals surface area contributed by atoms with Crippen LogP contribution in [0.1, 0.15) is 50.0 Å². The van der Waals surface area contributed by atoms with Gasteiger partial charge in [0.25, 0.3) is 0 Å². The van der Waals surface area contributed by atoms with E-state index in [-0.39, 0.29) is 48.7 Å². The molecule has 1 aliphatic heterocycles. The van der Waals surface area contributed by atoms with Crippen LogP contribution in [0.2, 0.25) is 0 Å². The van der Waals surface area contributed by atoms with Crippen LogP contribution >= 0.6 is 24.8 Å². The summed E-state index contributed by atoms with van der Waals surface area (Å²) >= 11 is 0. The summed E-state index contributed by atoms with van der Waals surface area (Å²) in [6.45, 7) is 5.77. The first-order chi connectivity index (χ1) is 11.5. The van der Waals surface area contributed by atoms with Crippen molar-refractivity contribution in [3.8, 4) is 0 Å². The van der Waals surface area contributed by atoms with Crippen molar-refractivity contribution in [1.29, 1.82) is 0 Å². The molecule has 2 unspecified atom stereocenters. The molecule has 2 fully saturated rings. The fraction of sp³-hybridized carbons (Fsp3) is 0.722. The maximum atomic E-state index is 12.5. The summed E-state index contributed by atoms with van der Waals surface area (Å²) in [4.78, 5) is 23.6. The van der Waals surface area contributed by atoms with Gasteiger partial charge in [0.2, 0.25) is 5.91 Å². The average Bonchev–Trinajstić information content (AvgIpc) is 2.54. The Bertz CT molecular complexity index is 573. The molecule has 0 spiro atoms. The number of aryl methyl sites for hydroxylation is 2. The van der Waals surface area contributed by atoms with Gasteiger partial charge in [0.1, 0.15) is 11.6 Å². The van der Waals surface area contributed by atoms with E-state index in [4.69, 9.17) is 5.73 Å². The van der Waals surface area contributed by atoms with Crippen molar-refractivity contribution in [2.24, 2.45) is 11.7 Å². The van der Waals surface area contributed by atoms with Crippen LogP contribution in [-0.4, -0.2) is 41.0 Å². The van der Waals surface area contributed by atoms with Crippen LogP contribution in [0.3, 0.4) is 0 Å². The molecule has 0 radical (unpaired) electrons. The van der Waals surface area contributed by atoms with Gasteiger partial charge in [-0.25, -0.2) is 9.97 Å². The number of hydrogen-bond donors (Lipinski definition) is 2. The Morgan fingerprint density at radius 2 is 1.85 bits per heavy atom. The van der Waals surface area contributed by atoms with Gasteiger partial charge in [-0.05, 0) is 46.0 Å². The second-order valence-corrected chi connectivity index (χ2v) is 7.31. The summed E-state index contributed by atoms with van der Waals surface area (Å²) in [6, 6.07) is 2.51. The second-order valence-electron chi connectivity index (χ2n) is 7.31. The highest BCUT2D eigenvalue weighted by Gasteiger charge is 2.28. The maximum Gasteiger partial charge on any atom is 0.223 e. The van der Waals surface area contributed by atoms with E-state index in [0.29, 0.717) is 0 Å². The Morgan fingerprint density at radius 3 is 2.46 bits per heavy atom. The first kappa shape index (κ1) is 22.9. The lowest BCUT2D eigenvalue weighted by atomic mass is 9.85.